The third-order valence-electron chi connectivity index (χ3n) is 2.99. The van der Waals surface area contributed by atoms with E-state index in [1.807, 2.05) is 53.2 Å². The fourth-order valence-electron chi connectivity index (χ4n) is 2.16. The minimum absolute atomic E-state index is 0.271. The molecule has 0 fully saturated rings. The van der Waals surface area contributed by atoms with Gasteiger partial charge in [-0.25, -0.2) is 4.79 Å². The molecule has 0 saturated heterocycles. The summed E-state index contributed by atoms with van der Waals surface area (Å²) in [4.78, 5) is 12.0. The summed E-state index contributed by atoms with van der Waals surface area (Å²) in [5.74, 6) is -0.271. The van der Waals surface area contributed by atoms with Gasteiger partial charge in [0.05, 0.1) is 23.4 Å². The van der Waals surface area contributed by atoms with Crippen LogP contribution in [0.1, 0.15) is 17.3 Å². The van der Waals surface area contributed by atoms with E-state index in [1.54, 1.807) is 11.3 Å². The Bertz CT molecular complexity index is 713. The van der Waals surface area contributed by atoms with Crippen molar-refractivity contribution in [3.05, 3.63) is 52.9 Å². The first kappa shape index (κ1) is 12.0. The van der Waals surface area contributed by atoms with Crippen molar-refractivity contribution in [1.82, 2.24) is 4.40 Å². The molecule has 0 atom stereocenters. The lowest BCUT2D eigenvalue weighted by molar-refractivity contribution is 0.0529. The molecule has 0 aromatic carbocycles. The van der Waals surface area contributed by atoms with E-state index in [4.69, 9.17) is 4.74 Å². The average molecular weight is 271 g/mol. The Labute approximate surface area is 115 Å². The number of ether oxygens (including phenoxy) is 1. The van der Waals surface area contributed by atoms with Crippen LogP contribution in [-0.2, 0) is 4.74 Å². The molecule has 0 aliphatic heterocycles. The van der Waals surface area contributed by atoms with E-state index in [2.05, 4.69) is 5.38 Å². The Morgan fingerprint density at radius 1 is 1.37 bits per heavy atom. The van der Waals surface area contributed by atoms with Crippen LogP contribution < -0.4 is 0 Å². The molecule has 3 heterocycles. The highest BCUT2D eigenvalue weighted by Gasteiger charge is 2.16. The van der Waals surface area contributed by atoms with Crippen LogP contribution in [-0.4, -0.2) is 17.0 Å². The molecule has 0 bridgehead atoms. The van der Waals surface area contributed by atoms with Gasteiger partial charge in [0.2, 0.25) is 0 Å². The highest BCUT2D eigenvalue weighted by Crippen LogP contribution is 2.28. The zero-order valence-electron chi connectivity index (χ0n) is 10.5. The first-order valence-electron chi connectivity index (χ1n) is 6.11. The molecule has 3 aromatic rings. The third kappa shape index (κ3) is 2.04. The van der Waals surface area contributed by atoms with Crippen molar-refractivity contribution in [1.29, 1.82) is 0 Å². The number of hydrogen-bond acceptors (Lipinski definition) is 3. The molecule has 3 aromatic heterocycles. The lowest BCUT2D eigenvalue weighted by Gasteiger charge is -2.01. The number of carbonyl (C=O) groups excluding carboxylic acids is 1. The average Bonchev–Trinajstić information content (AvgIpc) is 3.06. The van der Waals surface area contributed by atoms with Crippen LogP contribution in [0.25, 0.3) is 16.8 Å². The van der Waals surface area contributed by atoms with E-state index in [9.17, 15) is 4.79 Å². The Hall–Kier alpha value is -2.07. The van der Waals surface area contributed by atoms with Crippen LogP contribution in [0.15, 0.2) is 47.3 Å². The van der Waals surface area contributed by atoms with Crippen molar-refractivity contribution in [2.75, 3.05) is 6.61 Å². The van der Waals surface area contributed by atoms with E-state index in [1.165, 1.54) is 0 Å². The molecule has 0 saturated carbocycles. The van der Waals surface area contributed by atoms with Gasteiger partial charge in [-0.2, -0.15) is 11.3 Å². The van der Waals surface area contributed by atoms with Gasteiger partial charge < -0.3 is 9.14 Å². The zero-order chi connectivity index (χ0) is 13.2. The summed E-state index contributed by atoms with van der Waals surface area (Å²) >= 11 is 1.64. The molecule has 96 valence electrons. The van der Waals surface area contributed by atoms with Crippen molar-refractivity contribution >= 4 is 22.8 Å². The lowest BCUT2D eigenvalue weighted by Crippen LogP contribution is -2.03. The van der Waals surface area contributed by atoms with Gasteiger partial charge in [-0.3, -0.25) is 0 Å². The Balaban J connectivity index is 2.22. The minimum atomic E-state index is -0.271. The van der Waals surface area contributed by atoms with Crippen molar-refractivity contribution in [2.24, 2.45) is 0 Å². The summed E-state index contributed by atoms with van der Waals surface area (Å²) in [6, 6.07) is 9.76. The molecule has 0 aliphatic carbocycles. The van der Waals surface area contributed by atoms with E-state index in [-0.39, 0.29) is 5.97 Å². The summed E-state index contributed by atoms with van der Waals surface area (Å²) in [7, 11) is 0. The molecule has 0 N–H and O–H groups in total. The molecule has 19 heavy (non-hydrogen) atoms. The Morgan fingerprint density at radius 2 is 2.26 bits per heavy atom. The number of rotatable bonds is 3. The second-order valence-corrected chi connectivity index (χ2v) is 4.91. The lowest BCUT2D eigenvalue weighted by atomic mass is 10.2. The molecule has 3 nitrogen and oxygen atoms in total. The standard InChI is InChI=1S/C15H13NO2S/c1-2-18-15(17)12-9-14(11-6-8-19-10-11)16-7-4-3-5-13(12)16/h3-10H,2H2,1H3. The van der Waals surface area contributed by atoms with Gasteiger partial charge in [0.25, 0.3) is 0 Å². The van der Waals surface area contributed by atoms with Gasteiger partial charge in [-0.1, -0.05) is 6.07 Å². The Morgan fingerprint density at radius 3 is 3.00 bits per heavy atom. The molecule has 3 rings (SSSR count). The maximum atomic E-state index is 12.0. The first-order valence-corrected chi connectivity index (χ1v) is 7.05. The van der Waals surface area contributed by atoms with E-state index >= 15 is 0 Å². The van der Waals surface area contributed by atoms with Crippen molar-refractivity contribution < 1.29 is 9.53 Å². The van der Waals surface area contributed by atoms with Gasteiger partial charge in [0.1, 0.15) is 0 Å². The number of esters is 1. The SMILES string of the molecule is CCOC(=O)c1cc(-c2ccsc2)n2ccccc12. The highest BCUT2D eigenvalue weighted by molar-refractivity contribution is 7.08. The van der Waals surface area contributed by atoms with Crippen LogP contribution in [0.3, 0.4) is 0 Å². The zero-order valence-corrected chi connectivity index (χ0v) is 11.3. The Kier molecular flexibility index (Phi) is 3.09. The predicted octanol–water partition coefficient (Wildman–Crippen LogP) is 3.84. The van der Waals surface area contributed by atoms with E-state index in [0.29, 0.717) is 12.2 Å². The van der Waals surface area contributed by atoms with Crippen molar-refractivity contribution in [2.45, 2.75) is 6.92 Å². The number of nitrogens with zero attached hydrogens (tertiary/aromatic N) is 1. The van der Waals surface area contributed by atoms with Crippen molar-refractivity contribution in [3.63, 3.8) is 0 Å². The summed E-state index contributed by atoms with van der Waals surface area (Å²) in [5.41, 5.74) is 3.62. The van der Waals surface area contributed by atoms with Crippen LogP contribution in [0.5, 0.6) is 0 Å². The van der Waals surface area contributed by atoms with Gasteiger partial charge in [0, 0.05) is 17.1 Å². The number of pyridine rings is 1. The second-order valence-electron chi connectivity index (χ2n) is 4.13. The van der Waals surface area contributed by atoms with Crippen LogP contribution in [0.4, 0.5) is 0 Å². The van der Waals surface area contributed by atoms with Crippen molar-refractivity contribution in [3.8, 4) is 11.3 Å². The molecule has 0 radical (unpaired) electrons. The number of carbonyl (C=O) groups is 1. The number of hydrogen-bond donors (Lipinski definition) is 0. The van der Waals surface area contributed by atoms with Crippen LogP contribution in [0, 0.1) is 0 Å². The largest absolute Gasteiger partial charge is 0.462 e. The monoisotopic (exact) mass is 271 g/mol. The summed E-state index contributed by atoms with van der Waals surface area (Å²) < 4.78 is 7.14. The van der Waals surface area contributed by atoms with Crippen LogP contribution >= 0.6 is 11.3 Å². The smallest absolute Gasteiger partial charge is 0.340 e. The number of fused-ring (bicyclic) bond motifs is 1. The minimum Gasteiger partial charge on any atom is -0.462 e. The molecule has 4 heteroatoms. The molecule has 0 spiro atoms. The van der Waals surface area contributed by atoms with Gasteiger partial charge in [-0.15, -0.1) is 0 Å². The maximum absolute atomic E-state index is 12.0. The molecular formula is C15H13NO2S. The van der Waals surface area contributed by atoms with Crippen LogP contribution in [0.2, 0.25) is 0 Å². The van der Waals surface area contributed by atoms with E-state index < -0.39 is 0 Å². The fraction of sp³-hybridized carbons (Fsp3) is 0.133. The maximum Gasteiger partial charge on any atom is 0.340 e. The highest BCUT2D eigenvalue weighted by atomic mass is 32.1. The summed E-state index contributed by atoms with van der Waals surface area (Å²) in [5, 5.41) is 4.10. The quantitative estimate of drug-likeness (QED) is 0.677. The molecular weight excluding hydrogens is 258 g/mol. The van der Waals surface area contributed by atoms with Gasteiger partial charge in [-0.05, 0) is 36.6 Å². The molecule has 0 aliphatic rings. The summed E-state index contributed by atoms with van der Waals surface area (Å²) in [6.45, 7) is 2.20. The second kappa shape index (κ2) is 4.90. The number of thiophene rings is 1. The topological polar surface area (TPSA) is 30.7 Å². The first-order chi connectivity index (χ1) is 9.31. The molecule has 0 amide bonds. The van der Waals surface area contributed by atoms with Gasteiger partial charge >= 0.3 is 5.97 Å². The van der Waals surface area contributed by atoms with Gasteiger partial charge in [0.15, 0.2) is 0 Å². The number of aromatic nitrogens is 1. The molecule has 0 unspecified atom stereocenters. The van der Waals surface area contributed by atoms with E-state index in [0.717, 1.165) is 16.8 Å². The summed E-state index contributed by atoms with van der Waals surface area (Å²) in [6.07, 6.45) is 1.96. The third-order valence-corrected chi connectivity index (χ3v) is 3.67. The normalized spacial score (nSPS) is 10.8. The fourth-order valence-corrected chi connectivity index (χ4v) is 2.81. The predicted molar refractivity (Wildman–Crippen MR) is 76.7 cm³/mol.